The van der Waals surface area contributed by atoms with Crippen LogP contribution >= 0.6 is 0 Å². The minimum absolute atomic E-state index is 0.125. The maximum Gasteiger partial charge on any atom is 0.312 e. The van der Waals surface area contributed by atoms with Crippen molar-refractivity contribution in [1.82, 2.24) is 5.32 Å². The van der Waals surface area contributed by atoms with Crippen molar-refractivity contribution in [2.24, 2.45) is 10.8 Å². The Hall–Kier alpha value is -4.85. The highest BCUT2D eigenvalue weighted by Gasteiger charge is 2.40. The summed E-state index contributed by atoms with van der Waals surface area (Å²) in [6.45, 7) is 10.8. The summed E-state index contributed by atoms with van der Waals surface area (Å²) in [6, 6.07) is 21.4. The van der Waals surface area contributed by atoms with E-state index >= 15 is 0 Å². The molecular formula is C43H50N2O6. The Bertz CT molecular complexity index is 1950. The third kappa shape index (κ3) is 7.90. The van der Waals surface area contributed by atoms with Crippen molar-refractivity contribution in [3.8, 4) is 11.5 Å². The first-order chi connectivity index (χ1) is 24.4. The number of rotatable bonds is 11. The number of nitrogens with one attached hydrogen (secondary N) is 2. The van der Waals surface area contributed by atoms with E-state index in [4.69, 9.17) is 14.2 Å². The topological polar surface area (TPSA) is 103 Å². The molecule has 0 saturated heterocycles. The average Bonchev–Trinajstić information content (AvgIpc) is 3.11. The highest BCUT2D eigenvalue weighted by Crippen LogP contribution is 2.41. The van der Waals surface area contributed by atoms with Crippen molar-refractivity contribution in [3.63, 3.8) is 0 Å². The van der Waals surface area contributed by atoms with Crippen molar-refractivity contribution in [1.29, 1.82) is 0 Å². The van der Waals surface area contributed by atoms with Crippen LogP contribution in [0.2, 0.25) is 0 Å². The lowest BCUT2D eigenvalue weighted by Gasteiger charge is -2.38. The quantitative estimate of drug-likeness (QED) is 0.152. The van der Waals surface area contributed by atoms with Crippen molar-refractivity contribution in [3.05, 3.63) is 100 Å². The van der Waals surface area contributed by atoms with E-state index in [9.17, 15) is 14.4 Å². The Morgan fingerprint density at radius 2 is 1.49 bits per heavy atom. The number of ether oxygens (including phenoxy) is 3. The summed E-state index contributed by atoms with van der Waals surface area (Å²) in [4.78, 5) is 40.6. The van der Waals surface area contributed by atoms with E-state index in [1.165, 1.54) is 13.5 Å². The summed E-state index contributed by atoms with van der Waals surface area (Å²) in [5.74, 6) is 0.202. The molecule has 2 saturated carbocycles. The van der Waals surface area contributed by atoms with Crippen LogP contribution in [0.3, 0.4) is 0 Å². The Balaban J connectivity index is 1.11. The first-order valence-electron chi connectivity index (χ1n) is 18.1. The number of esters is 1. The van der Waals surface area contributed by atoms with E-state index in [0.717, 1.165) is 45.9 Å². The third-order valence-corrected chi connectivity index (χ3v) is 11.2. The second-order valence-corrected chi connectivity index (χ2v) is 15.2. The molecule has 0 spiro atoms. The van der Waals surface area contributed by atoms with Crippen molar-refractivity contribution >= 4 is 34.2 Å². The van der Waals surface area contributed by atoms with Crippen LogP contribution in [0.25, 0.3) is 10.8 Å². The van der Waals surface area contributed by atoms with Gasteiger partial charge in [-0.15, -0.1) is 0 Å². The molecule has 0 heterocycles. The Morgan fingerprint density at radius 1 is 0.784 bits per heavy atom. The molecule has 0 aliphatic heterocycles. The number of carbonyl (C=O) groups excluding carboxylic acids is 3. The molecule has 0 bridgehead atoms. The smallest absolute Gasteiger partial charge is 0.312 e. The standard InChI is InChI=1S/C43H50N2O6/c1-27-21-34(39(46)44-26-42(4)17-10-18-42)36(22-28(27)2)45-40(47)35-24-37(29(3)23-38(35)49-6)51-32-15-19-43(5,20-16-32)41(48)50-25-31-13-9-12-30-11-7-8-14-33(30)31/h7-9,11-14,21-24,32H,10,15-20,25-26H2,1-6H3,(H,44,46)(H,45,47). The number of carbonyl (C=O) groups is 3. The number of amides is 2. The molecule has 8 heteroatoms. The predicted octanol–water partition coefficient (Wildman–Crippen LogP) is 9.02. The fourth-order valence-electron chi connectivity index (χ4n) is 7.24. The minimum atomic E-state index is -0.601. The molecule has 8 nitrogen and oxygen atoms in total. The number of methoxy groups -OCH3 is 1. The van der Waals surface area contributed by atoms with Gasteiger partial charge in [-0.05, 0) is 129 Å². The van der Waals surface area contributed by atoms with E-state index in [-0.39, 0.29) is 30.0 Å². The summed E-state index contributed by atoms with van der Waals surface area (Å²) in [5.41, 5.74) is 4.48. The van der Waals surface area contributed by atoms with Crippen LogP contribution in [-0.4, -0.2) is 37.5 Å². The molecule has 2 N–H and O–H groups in total. The fourth-order valence-corrected chi connectivity index (χ4v) is 7.24. The lowest BCUT2D eigenvalue weighted by atomic mass is 9.70. The molecule has 2 amide bonds. The van der Waals surface area contributed by atoms with Crippen LogP contribution in [0, 0.1) is 31.6 Å². The van der Waals surface area contributed by atoms with Gasteiger partial charge < -0.3 is 24.8 Å². The molecule has 0 atom stereocenters. The molecule has 51 heavy (non-hydrogen) atoms. The highest BCUT2D eigenvalue weighted by molar-refractivity contribution is 6.10. The molecule has 2 fully saturated rings. The monoisotopic (exact) mass is 690 g/mol. The van der Waals surface area contributed by atoms with Crippen LogP contribution in [0.5, 0.6) is 11.5 Å². The Labute approximate surface area is 301 Å². The van der Waals surface area contributed by atoms with E-state index in [0.29, 0.717) is 60.5 Å². The first kappa shape index (κ1) is 36.0. The van der Waals surface area contributed by atoms with E-state index in [1.807, 2.05) is 64.1 Å². The molecule has 6 rings (SSSR count). The summed E-state index contributed by atoms with van der Waals surface area (Å²) in [7, 11) is 1.53. The average molecular weight is 691 g/mol. The van der Waals surface area contributed by atoms with E-state index in [1.54, 1.807) is 12.1 Å². The maximum atomic E-state index is 13.9. The molecule has 4 aromatic carbocycles. The summed E-state index contributed by atoms with van der Waals surface area (Å²) in [6.07, 6.45) is 5.86. The number of hydrogen-bond acceptors (Lipinski definition) is 6. The van der Waals surface area contributed by atoms with Crippen molar-refractivity contribution in [2.75, 3.05) is 19.0 Å². The van der Waals surface area contributed by atoms with Gasteiger partial charge in [-0.2, -0.15) is 0 Å². The third-order valence-electron chi connectivity index (χ3n) is 11.2. The van der Waals surface area contributed by atoms with Crippen LogP contribution in [0.4, 0.5) is 5.69 Å². The zero-order chi connectivity index (χ0) is 36.3. The zero-order valence-corrected chi connectivity index (χ0v) is 30.7. The van der Waals surface area contributed by atoms with Crippen LogP contribution in [0.15, 0.2) is 66.7 Å². The van der Waals surface area contributed by atoms with Crippen LogP contribution in [-0.2, 0) is 16.1 Å². The Kier molecular flexibility index (Phi) is 10.4. The normalized spacial score (nSPS) is 19.5. The molecule has 0 radical (unpaired) electrons. The summed E-state index contributed by atoms with van der Waals surface area (Å²) < 4.78 is 18.0. The zero-order valence-electron chi connectivity index (χ0n) is 30.7. The lowest BCUT2D eigenvalue weighted by molar-refractivity contribution is -0.159. The highest BCUT2D eigenvalue weighted by atomic mass is 16.5. The van der Waals surface area contributed by atoms with Gasteiger partial charge >= 0.3 is 5.97 Å². The molecule has 0 aromatic heterocycles. The van der Waals surface area contributed by atoms with Gasteiger partial charge in [0, 0.05) is 6.54 Å². The predicted molar refractivity (Wildman–Crippen MR) is 201 cm³/mol. The minimum Gasteiger partial charge on any atom is -0.496 e. The lowest BCUT2D eigenvalue weighted by Crippen LogP contribution is -2.40. The number of fused-ring (bicyclic) bond motifs is 1. The van der Waals surface area contributed by atoms with Gasteiger partial charge in [0.25, 0.3) is 11.8 Å². The van der Waals surface area contributed by atoms with Gasteiger partial charge in [0.1, 0.15) is 18.1 Å². The van der Waals surface area contributed by atoms with Gasteiger partial charge in [-0.25, -0.2) is 0 Å². The number of aryl methyl sites for hydroxylation is 3. The molecule has 2 aliphatic rings. The SMILES string of the molecule is COc1cc(C)c(OC2CCC(C)(C(=O)OCc3cccc4ccccc34)CC2)cc1C(=O)Nc1cc(C)c(C)cc1C(=O)NCC1(C)CCC1. The molecular weight excluding hydrogens is 640 g/mol. The molecule has 4 aromatic rings. The summed E-state index contributed by atoms with van der Waals surface area (Å²) in [5, 5.41) is 8.30. The van der Waals surface area contributed by atoms with Gasteiger partial charge in [0.15, 0.2) is 0 Å². The number of anilines is 1. The number of benzene rings is 4. The number of hydrogen-bond donors (Lipinski definition) is 2. The molecule has 268 valence electrons. The fraction of sp³-hybridized carbons (Fsp3) is 0.419. The Morgan fingerprint density at radius 3 is 2.20 bits per heavy atom. The van der Waals surface area contributed by atoms with Crippen LogP contribution < -0.4 is 20.1 Å². The van der Waals surface area contributed by atoms with E-state index in [2.05, 4.69) is 35.8 Å². The second-order valence-electron chi connectivity index (χ2n) is 15.2. The van der Waals surface area contributed by atoms with Crippen molar-refractivity contribution in [2.45, 2.75) is 92.3 Å². The molecule has 2 aliphatic carbocycles. The second kappa shape index (κ2) is 14.8. The van der Waals surface area contributed by atoms with Gasteiger partial charge in [0.05, 0.1) is 35.4 Å². The maximum absolute atomic E-state index is 13.9. The van der Waals surface area contributed by atoms with Gasteiger partial charge in [0.2, 0.25) is 0 Å². The summed E-state index contributed by atoms with van der Waals surface area (Å²) >= 11 is 0. The van der Waals surface area contributed by atoms with Gasteiger partial charge in [-0.3, -0.25) is 14.4 Å². The largest absolute Gasteiger partial charge is 0.496 e. The molecule has 0 unspecified atom stereocenters. The van der Waals surface area contributed by atoms with Gasteiger partial charge in [-0.1, -0.05) is 55.8 Å². The van der Waals surface area contributed by atoms with Crippen molar-refractivity contribution < 1.29 is 28.6 Å². The first-order valence-corrected chi connectivity index (χ1v) is 18.1. The van der Waals surface area contributed by atoms with E-state index < -0.39 is 11.3 Å². The van der Waals surface area contributed by atoms with Crippen LogP contribution in [0.1, 0.15) is 102 Å².